The third-order valence-corrected chi connectivity index (χ3v) is 2.21. The predicted molar refractivity (Wildman–Crippen MR) is 52.2 cm³/mol. The Hall–Kier alpha value is -0.650. The molecule has 14 heavy (non-hydrogen) atoms. The van der Waals surface area contributed by atoms with Crippen molar-refractivity contribution in [2.24, 2.45) is 0 Å². The maximum atomic E-state index is 12.9. The van der Waals surface area contributed by atoms with Crippen molar-refractivity contribution in [3.63, 3.8) is 0 Å². The van der Waals surface area contributed by atoms with Crippen LogP contribution in [0.4, 0.5) is 4.39 Å². The van der Waals surface area contributed by atoms with Crippen LogP contribution in [0, 0.1) is 5.82 Å². The molecule has 0 spiro atoms. The second-order valence-corrected chi connectivity index (χ2v) is 3.54. The second-order valence-electron chi connectivity index (χ2n) is 2.53. The average Bonchev–Trinajstić information content (AvgIpc) is 2.08. The molecule has 3 nitrogen and oxygen atoms in total. The normalized spacial score (nSPS) is 12.6. The molecular weight excluding hydrogens is 231 g/mol. The van der Waals surface area contributed by atoms with Crippen LogP contribution in [0.3, 0.4) is 0 Å². The molecule has 1 N–H and O–H groups in total. The minimum Gasteiger partial charge on any atom is -0.378 e. The van der Waals surface area contributed by atoms with Crippen LogP contribution in [0.1, 0.15) is 12.5 Å². The molecule has 0 aliphatic rings. The third kappa shape index (κ3) is 2.67. The Balaban J connectivity index is 3.18. The smallest absolute Gasteiger partial charge is 0.357 e. The van der Waals surface area contributed by atoms with Crippen molar-refractivity contribution in [2.45, 2.75) is 13.3 Å². The van der Waals surface area contributed by atoms with Gasteiger partial charge in [-0.05, 0) is 18.6 Å². The van der Waals surface area contributed by atoms with E-state index in [2.05, 4.69) is 4.18 Å². The van der Waals surface area contributed by atoms with E-state index < -0.39 is 17.2 Å². The molecular formula is C8H8ClFO3S. The van der Waals surface area contributed by atoms with Gasteiger partial charge in [0.1, 0.15) is 5.82 Å². The first kappa shape index (κ1) is 11.4. The van der Waals surface area contributed by atoms with Gasteiger partial charge < -0.3 is 4.18 Å². The summed E-state index contributed by atoms with van der Waals surface area (Å²) in [4.78, 5) is 0. The molecule has 6 heteroatoms. The molecule has 1 aromatic rings. The van der Waals surface area contributed by atoms with Crippen LogP contribution >= 0.6 is 11.6 Å². The van der Waals surface area contributed by atoms with Crippen molar-refractivity contribution in [1.82, 2.24) is 0 Å². The van der Waals surface area contributed by atoms with Gasteiger partial charge in [-0.15, -0.1) is 0 Å². The maximum absolute atomic E-state index is 12.9. The van der Waals surface area contributed by atoms with E-state index in [1.165, 1.54) is 6.07 Å². The van der Waals surface area contributed by atoms with Crippen LogP contribution in [0.25, 0.3) is 0 Å². The van der Waals surface area contributed by atoms with Gasteiger partial charge in [-0.3, -0.25) is 4.55 Å². The van der Waals surface area contributed by atoms with E-state index in [0.717, 1.165) is 6.07 Å². The van der Waals surface area contributed by atoms with E-state index in [9.17, 15) is 8.60 Å². The Morgan fingerprint density at radius 1 is 1.64 bits per heavy atom. The fourth-order valence-electron chi connectivity index (χ4n) is 1.04. The predicted octanol–water partition coefficient (Wildman–Crippen LogP) is 2.56. The van der Waals surface area contributed by atoms with Crippen molar-refractivity contribution in [3.05, 3.63) is 28.5 Å². The molecule has 1 atom stereocenters. The number of benzene rings is 1. The molecule has 1 unspecified atom stereocenters. The monoisotopic (exact) mass is 238 g/mol. The number of aryl methyl sites for hydroxylation is 1. The highest BCUT2D eigenvalue weighted by molar-refractivity contribution is 7.74. The van der Waals surface area contributed by atoms with Crippen molar-refractivity contribution >= 4 is 23.0 Å². The summed E-state index contributed by atoms with van der Waals surface area (Å²) in [5.41, 5.74) is 0.456. The molecule has 0 heterocycles. The van der Waals surface area contributed by atoms with Crippen molar-refractivity contribution in [2.75, 3.05) is 0 Å². The largest absolute Gasteiger partial charge is 0.378 e. The Labute approximate surface area is 88.3 Å². The molecule has 0 saturated carbocycles. The fourth-order valence-corrected chi connectivity index (χ4v) is 1.69. The van der Waals surface area contributed by atoms with Crippen LogP contribution in [0.5, 0.6) is 5.75 Å². The summed E-state index contributed by atoms with van der Waals surface area (Å²) in [6, 6.07) is 2.25. The van der Waals surface area contributed by atoms with Gasteiger partial charge in [-0.25, -0.2) is 4.39 Å². The highest BCUT2D eigenvalue weighted by atomic mass is 35.5. The first-order chi connectivity index (χ1) is 6.54. The zero-order valence-corrected chi connectivity index (χ0v) is 8.86. The molecule has 0 saturated heterocycles. The molecule has 0 bridgehead atoms. The van der Waals surface area contributed by atoms with Gasteiger partial charge in [-0.2, -0.15) is 4.21 Å². The first-order valence-electron chi connectivity index (χ1n) is 3.81. The molecule has 0 radical (unpaired) electrons. The molecule has 0 aliphatic heterocycles. The number of hydrogen-bond donors (Lipinski definition) is 1. The Bertz CT molecular complexity index is 370. The minimum atomic E-state index is -2.45. The van der Waals surface area contributed by atoms with Crippen molar-refractivity contribution in [1.29, 1.82) is 0 Å². The van der Waals surface area contributed by atoms with E-state index >= 15 is 0 Å². The quantitative estimate of drug-likeness (QED) is 0.824. The zero-order valence-electron chi connectivity index (χ0n) is 7.29. The number of halogens is 2. The molecule has 1 rings (SSSR count). The van der Waals surface area contributed by atoms with Crippen molar-refractivity contribution in [3.8, 4) is 5.75 Å². The van der Waals surface area contributed by atoms with E-state index in [0.29, 0.717) is 12.0 Å². The Morgan fingerprint density at radius 2 is 2.29 bits per heavy atom. The van der Waals surface area contributed by atoms with Crippen LogP contribution in [-0.4, -0.2) is 8.76 Å². The van der Waals surface area contributed by atoms with Gasteiger partial charge in [-0.1, -0.05) is 18.5 Å². The highest BCUT2D eigenvalue weighted by Gasteiger charge is 2.12. The van der Waals surface area contributed by atoms with Gasteiger partial charge in [0.2, 0.25) is 0 Å². The van der Waals surface area contributed by atoms with Gasteiger partial charge in [0.05, 0.1) is 5.02 Å². The van der Waals surface area contributed by atoms with Crippen LogP contribution in [0.2, 0.25) is 5.02 Å². The second kappa shape index (κ2) is 4.72. The van der Waals surface area contributed by atoms with Crippen LogP contribution in [0.15, 0.2) is 12.1 Å². The average molecular weight is 239 g/mol. The van der Waals surface area contributed by atoms with Gasteiger partial charge >= 0.3 is 11.4 Å². The molecule has 0 aliphatic carbocycles. The van der Waals surface area contributed by atoms with Crippen molar-refractivity contribution < 1.29 is 17.3 Å². The maximum Gasteiger partial charge on any atom is 0.357 e. The number of rotatable bonds is 3. The van der Waals surface area contributed by atoms with E-state index in [1.807, 2.05) is 0 Å². The first-order valence-corrected chi connectivity index (χ1v) is 5.22. The molecule has 0 amide bonds. The highest BCUT2D eigenvalue weighted by Crippen LogP contribution is 2.30. The van der Waals surface area contributed by atoms with Crippen LogP contribution < -0.4 is 4.18 Å². The fraction of sp³-hybridized carbons (Fsp3) is 0.250. The topological polar surface area (TPSA) is 46.5 Å². The summed E-state index contributed by atoms with van der Waals surface area (Å²) in [7, 11) is 0. The Morgan fingerprint density at radius 3 is 2.79 bits per heavy atom. The van der Waals surface area contributed by atoms with Gasteiger partial charge in [0.15, 0.2) is 5.75 Å². The summed E-state index contributed by atoms with van der Waals surface area (Å²) < 4.78 is 36.3. The lowest BCUT2D eigenvalue weighted by Gasteiger charge is -2.08. The Kier molecular flexibility index (Phi) is 3.86. The molecule has 1 aromatic carbocycles. The van der Waals surface area contributed by atoms with E-state index in [-0.39, 0.29) is 10.8 Å². The lowest BCUT2D eigenvalue weighted by Crippen LogP contribution is -2.01. The summed E-state index contributed by atoms with van der Waals surface area (Å²) in [6.07, 6.45) is 0.462. The van der Waals surface area contributed by atoms with Gasteiger partial charge in [0, 0.05) is 5.56 Å². The van der Waals surface area contributed by atoms with E-state index in [1.54, 1.807) is 6.92 Å². The van der Waals surface area contributed by atoms with E-state index in [4.69, 9.17) is 16.2 Å². The molecule has 78 valence electrons. The molecule has 0 aromatic heterocycles. The zero-order chi connectivity index (χ0) is 10.7. The van der Waals surface area contributed by atoms with Crippen LogP contribution in [-0.2, 0) is 17.8 Å². The van der Waals surface area contributed by atoms with Gasteiger partial charge in [0.25, 0.3) is 0 Å². The summed E-state index contributed by atoms with van der Waals surface area (Å²) in [5, 5.41) is -0.00995. The number of hydrogen-bond acceptors (Lipinski definition) is 2. The lowest BCUT2D eigenvalue weighted by molar-refractivity contribution is 0.454. The lowest BCUT2D eigenvalue weighted by atomic mass is 10.1. The molecule has 0 fully saturated rings. The summed E-state index contributed by atoms with van der Waals surface area (Å²) >= 11 is 3.19. The summed E-state index contributed by atoms with van der Waals surface area (Å²) in [6.45, 7) is 1.76. The summed E-state index contributed by atoms with van der Waals surface area (Å²) in [5.74, 6) is -0.445. The third-order valence-electron chi connectivity index (χ3n) is 1.62. The standard InChI is InChI=1S/C8H8ClFO3S/c1-2-5-3-6(10)4-7(9)8(5)13-14(11)12/h3-4H,2H2,1H3,(H,11,12). The SMILES string of the molecule is CCc1cc(F)cc(Cl)c1OS(=O)O. The minimum absolute atomic E-state index is 0.00995.